The lowest BCUT2D eigenvalue weighted by molar-refractivity contribution is 0.369. The van der Waals surface area contributed by atoms with Gasteiger partial charge in [-0.3, -0.25) is 0 Å². The lowest BCUT2D eigenvalue weighted by atomic mass is 10.3. The Kier molecular flexibility index (Phi) is 5.16. The van der Waals surface area contributed by atoms with Gasteiger partial charge in [-0.05, 0) is 24.6 Å². The number of rotatable bonds is 6. The summed E-state index contributed by atoms with van der Waals surface area (Å²) in [5.74, 6) is 0.956. The van der Waals surface area contributed by atoms with Crippen LogP contribution in [0.5, 0.6) is 17.4 Å². The van der Waals surface area contributed by atoms with Crippen LogP contribution < -0.4 is 14.8 Å². The summed E-state index contributed by atoms with van der Waals surface area (Å²) in [5, 5.41) is 3.27. The number of hydrogen-bond donors (Lipinski definition) is 1. The maximum atomic E-state index is 13.0. The molecule has 0 spiro atoms. The van der Waals surface area contributed by atoms with Crippen molar-refractivity contribution < 1.29 is 13.9 Å². The van der Waals surface area contributed by atoms with E-state index in [9.17, 15) is 4.39 Å². The standard InChI is InChI=1S/C14H15ClFN3O2/c1-3-6-17-13-12(20-2)14(19-8-18-13)21-11-5-4-9(16)7-10(11)15/h4-5,7-8H,3,6H2,1-2H3,(H,17,18,19). The first-order valence-electron chi connectivity index (χ1n) is 6.41. The molecule has 0 amide bonds. The third-order valence-electron chi connectivity index (χ3n) is 2.62. The second-order valence-corrected chi connectivity index (χ2v) is 4.57. The van der Waals surface area contributed by atoms with Crippen LogP contribution in [-0.4, -0.2) is 23.6 Å². The summed E-state index contributed by atoms with van der Waals surface area (Å²) in [7, 11) is 1.49. The molecule has 0 bridgehead atoms. The Labute approximate surface area is 127 Å². The van der Waals surface area contributed by atoms with E-state index in [0.29, 0.717) is 11.6 Å². The minimum atomic E-state index is -0.438. The quantitative estimate of drug-likeness (QED) is 0.877. The van der Waals surface area contributed by atoms with Gasteiger partial charge in [0.25, 0.3) is 5.88 Å². The molecule has 0 saturated carbocycles. The van der Waals surface area contributed by atoms with Crippen molar-refractivity contribution in [1.29, 1.82) is 0 Å². The van der Waals surface area contributed by atoms with Crippen LogP contribution >= 0.6 is 11.6 Å². The van der Waals surface area contributed by atoms with Crippen LogP contribution in [0, 0.1) is 5.82 Å². The molecule has 2 aromatic rings. The molecule has 0 saturated heterocycles. The van der Waals surface area contributed by atoms with Gasteiger partial charge < -0.3 is 14.8 Å². The number of nitrogens with zero attached hydrogens (tertiary/aromatic N) is 2. The highest BCUT2D eigenvalue weighted by molar-refractivity contribution is 6.32. The highest BCUT2D eigenvalue weighted by Crippen LogP contribution is 2.36. The fraction of sp³-hybridized carbons (Fsp3) is 0.286. The second-order valence-electron chi connectivity index (χ2n) is 4.16. The van der Waals surface area contributed by atoms with Gasteiger partial charge in [-0.15, -0.1) is 0 Å². The fourth-order valence-corrected chi connectivity index (χ4v) is 1.85. The van der Waals surface area contributed by atoms with Crippen LogP contribution in [0.3, 0.4) is 0 Å². The monoisotopic (exact) mass is 311 g/mol. The molecule has 5 nitrogen and oxygen atoms in total. The van der Waals surface area contributed by atoms with E-state index in [4.69, 9.17) is 21.1 Å². The van der Waals surface area contributed by atoms with Crippen LogP contribution in [0.2, 0.25) is 5.02 Å². The molecule has 0 aliphatic heterocycles. The Morgan fingerprint density at radius 2 is 2.14 bits per heavy atom. The van der Waals surface area contributed by atoms with Crippen molar-refractivity contribution in [3.63, 3.8) is 0 Å². The second kappa shape index (κ2) is 7.08. The summed E-state index contributed by atoms with van der Waals surface area (Å²) in [5.41, 5.74) is 0. The predicted octanol–water partition coefficient (Wildman–Crippen LogP) is 3.89. The third kappa shape index (κ3) is 3.72. The molecule has 0 unspecified atom stereocenters. The number of aromatic nitrogens is 2. The number of anilines is 1. The first-order chi connectivity index (χ1) is 10.2. The van der Waals surface area contributed by atoms with E-state index >= 15 is 0 Å². The number of hydrogen-bond acceptors (Lipinski definition) is 5. The highest BCUT2D eigenvalue weighted by atomic mass is 35.5. The van der Waals surface area contributed by atoms with Gasteiger partial charge in [0, 0.05) is 6.54 Å². The van der Waals surface area contributed by atoms with Crippen LogP contribution in [0.15, 0.2) is 24.5 Å². The van der Waals surface area contributed by atoms with Gasteiger partial charge in [-0.1, -0.05) is 18.5 Å². The zero-order chi connectivity index (χ0) is 15.2. The van der Waals surface area contributed by atoms with Crippen molar-refractivity contribution >= 4 is 17.4 Å². The molecule has 0 aliphatic carbocycles. The summed E-state index contributed by atoms with van der Waals surface area (Å²) >= 11 is 5.93. The van der Waals surface area contributed by atoms with Crippen molar-refractivity contribution in [1.82, 2.24) is 9.97 Å². The first kappa shape index (κ1) is 15.3. The van der Waals surface area contributed by atoms with Crippen LogP contribution in [0.1, 0.15) is 13.3 Å². The lowest BCUT2D eigenvalue weighted by Gasteiger charge is -2.13. The van der Waals surface area contributed by atoms with E-state index in [-0.39, 0.29) is 16.7 Å². The predicted molar refractivity (Wildman–Crippen MR) is 78.8 cm³/mol. The molecule has 21 heavy (non-hydrogen) atoms. The molecule has 1 aromatic carbocycles. The summed E-state index contributed by atoms with van der Waals surface area (Å²) in [4.78, 5) is 8.13. The van der Waals surface area contributed by atoms with E-state index in [1.54, 1.807) is 0 Å². The van der Waals surface area contributed by atoms with Crippen molar-refractivity contribution in [3.05, 3.63) is 35.4 Å². The maximum Gasteiger partial charge on any atom is 0.268 e. The van der Waals surface area contributed by atoms with Crippen molar-refractivity contribution in [2.75, 3.05) is 19.0 Å². The molecule has 1 heterocycles. The SMILES string of the molecule is CCCNc1ncnc(Oc2ccc(F)cc2Cl)c1OC. The number of benzene rings is 1. The van der Waals surface area contributed by atoms with E-state index in [1.807, 2.05) is 6.92 Å². The van der Waals surface area contributed by atoms with Crippen LogP contribution in [0.25, 0.3) is 0 Å². The minimum Gasteiger partial charge on any atom is -0.489 e. The molecule has 0 fully saturated rings. The van der Waals surface area contributed by atoms with E-state index in [0.717, 1.165) is 13.0 Å². The Morgan fingerprint density at radius 1 is 1.33 bits per heavy atom. The summed E-state index contributed by atoms with van der Waals surface area (Å²) in [6.45, 7) is 2.78. The number of nitrogens with one attached hydrogen (secondary N) is 1. The van der Waals surface area contributed by atoms with Gasteiger partial charge in [0.05, 0.1) is 12.1 Å². The molecule has 7 heteroatoms. The molecule has 1 N–H and O–H groups in total. The average molecular weight is 312 g/mol. The summed E-state index contributed by atoms with van der Waals surface area (Å²) in [6, 6.07) is 3.85. The van der Waals surface area contributed by atoms with E-state index in [1.165, 1.54) is 31.6 Å². The Balaban J connectivity index is 2.30. The maximum absolute atomic E-state index is 13.0. The van der Waals surface area contributed by atoms with E-state index in [2.05, 4.69) is 15.3 Å². The molecule has 0 aliphatic rings. The number of ether oxygens (including phenoxy) is 2. The summed E-state index contributed by atoms with van der Waals surface area (Å²) < 4.78 is 23.9. The molecule has 112 valence electrons. The Morgan fingerprint density at radius 3 is 2.81 bits per heavy atom. The molecule has 0 atom stereocenters. The van der Waals surface area contributed by atoms with Crippen molar-refractivity contribution in [2.45, 2.75) is 13.3 Å². The van der Waals surface area contributed by atoms with Gasteiger partial charge in [0.1, 0.15) is 17.9 Å². The van der Waals surface area contributed by atoms with Crippen LogP contribution in [-0.2, 0) is 0 Å². The zero-order valence-corrected chi connectivity index (χ0v) is 12.4. The van der Waals surface area contributed by atoms with Gasteiger partial charge in [0.15, 0.2) is 5.82 Å². The van der Waals surface area contributed by atoms with Gasteiger partial charge >= 0.3 is 0 Å². The fourth-order valence-electron chi connectivity index (χ4n) is 1.65. The molecule has 1 aromatic heterocycles. The van der Waals surface area contributed by atoms with Gasteiger partial charge in [-0.2, -0.15) is 4.98 Å². The van der Waals surface area contributed by atoms with Gasteiger partial charge in [0.2, 0.25) is 5.75 Å². The Bertz CT molecular complexity index is 625. The average Bonchev–Trinajstić information content (AvgIpc) is 2.48. The van der Waals surface area contributed by atoms with Gasteiger partial charge in [-0.25, -0.2) is 9.37 Å². The molecular weight excluding hydrogens is 297 g/mol. The first-order valence-corrected chi connectivity index (χ1v) is 6.79. The normalized spacial score (nSPS) is 10.3. The minimum absolute atomic E-state index is 0.152. The lowest BCUT2D eigenvalue weighted by Crippen LogP contribution is -2.06. The third-order valence-corrected chi connectivity index (χ3v) is 2.91. The number of halogens is 2. The van der Waals surface area contributed by atoms with E-state index < -0.39 is 5.82 Å². The zero-order valence-electron chi connectivity index (χ0n) is 11.7. The van der Waals surface area contributed by atoms with Crippen molar-refractivity contribution in [3.8, 4) is 17.4 Å². The number of methoxy groups -OCH3 is 1. The topological polar surface area (TPSA) is 56.3 Å². The Hall–Kier alpha value is -2.08. The van der Waals surface area contributed by atoms with Crippen molar-refractivity contribution in [2.24, 2.45) is 0 Å². The molecule has 0 radical (unpaired) electrons. The summed E-state index contributed by atoms with van der Waals surface area (Å²) in [6.07, 6.45) is 2.29. The molecule has 2 rings (SSSR count). The largest absolute Gasteiger partial charge is 0.489 e. The molecular formula is C14H15ClFN3O2. The highest BCUT2D eigenvalue weighted by Gasteiger charge is 2.15. The van der Waals surface area contributed by atoms with Crippen LogP contribution in [0.4, 0.5) is 10.2 Å². The smallest absolute Gasteiger partial charge is 0.268 e.